The molecule has 0 bridgehead atoms. The standard InChI is InChI=1S/C13H17N3O4/c1-2-14-12(17)10-8-20-7-6-16(10)11-9(13(18)19)4-3-5-15-11/h3-5,10H,2,6-8H2,1H3,(H,14,17)(H,18,19). The van der Waals surface area contributed by atoms with Gasteiger partial charge in [0, 0.05) is 19.3 Å². The number of amides is 1. The Bertz CT molecular complexity index is 506. The van der Waals surface area contributed by atoms with Crippen molar-refractivity contribution in [2.24, 2.45) is 0 Å². The molecule has 0 spiro atoms. The van der Waals surface area contributed by atoms with Gasteiger partial charge in [-0.05, 0) is 19.1 Å². The highest BCUT2D eigenvalue weighted by Gasteiger charge is 2.32. The molecule has 1 saturated heterocycles. The Labute approximate surface area is 116 Å². The van der Waals surface area contributed by atoms with Gasteiger partial charge in [-0.25, -0.2) is 9.78 Å². The summed E-state index contributed by atoms with van der Waals surface area (Å²) in [6.45, 7) is 3.43. The fourth-order valence-corrected chi connectivity index (χ4v) is 2.16. The maximum absolute atomic E-state index is 12.1. The van der Waals surface area contributed by atoms with Crippen LogP contribution in [0.15, 0.2) is 18.3 Å². The highest BCUT2D eigenvalue weighted by atomic mass is 16.5. The number of pyridine rings is 1. The first kappa shape index (κ1) is 14.3. The van der Waals surface area contributed by atoms with Crippen molar-refractivity contribution in [2.45, 2.75) is 13.0 Å². The highest BCUT2D eigenvalue weighted by molar-refractivity contribution is 5.95. The molecule has 108 valence electrons. The van der Waals surface area contributed by atoms with E-state index in [2.05, 4.69) is 10.3 Å². The Morgan fingerprint density at radius 3 is 3.10 bits per heavy atom. The summed E-state index contributed by atoms with van der Waals surface area (Å²) < 4.78 is 5.32. The lowest BCUT2D eigenvalue weighted by Crippen LogP contribution is -2.54. The van der Waals surface area contributed by atoms with Crippen LogP contribution in [0.3, 0.4) is 0 Å². The first-order valence-corrected chi connectivity index (χ1v) is 6.45. The summed E-state index contributed by atoms with van der Waals surface area (Å²) in [4.78, 5) is 29.1. The maximum Gasteiger partial charge on any atom is 0.339 e. The smallest absolute Gasteiger partial charge is 0.339 e. The monoisotopic (exact) mass is 279 g/mol. The van der Waals surface area contributed by atoms with Gasteiger partial charge in [-0.2, -0.15) is 0 Å². The van der Waals surface area contributed by atoms with Crippen LogP contribution in [0.2, 0.25) is 0 Å². The lowest BCUT2D eigenvalue weighted by atomic mass is 10.1. The molecule has 7 heteroatoms. The number of nitrogens with one attached hydrogen (secondary N) is 1. The number of aromatic carboxylic acids is 1. The van der Waals surface area contributed by atoms with Crippen LogP contribution in [-0.2, 0) is 9.53 Å². The van der Waals surface area contributed by atoms with E-state index in [0.29, 0.717) is 25.5 Å². The van der Waals surface area contributed by atoms with Gasteiger partial charge in [0.1, 0.15) is 17.4 Å². The normalized spacial score (nSPS) is 18.6. The fraction of sp³-hybridized carbons (Fsp3) is 0.462. The Hall–Kier alpha value is -2.15. The van der Waals surface area contributed by atoms with Crippen LogP contribution in [0.25, 0.3) is 0 Å². The summed E-state index contributed by atoms with van der Waals surface area (Å²) in [5, 5.41) is 12.0. The third kappa shape index (κ3) is 2.88. The third-order valence-electron chi connectivity index (χ3n) is 3.07. The molecule has 1 aliphatic rings. The molecule has 2 N–H and O–H groups in total. The highest BCUT2D eigenvalue weighted by Crippen LogP contribution is 2.21. The fourth-order valence-electron chi connectivity index (χ4n) is 2.16. The van der Waals surface area contributed by atoms with Crippen molar-refractivity contribution in [1.82, 2.24) is 10.3 Å². The Kier molecular flexibility index (Phi) is 4.52. The van der Waals surface area contributed by atoms with E-state index in [1.165, 1.54) is 12.3 Å². The second-order valence-corrected chi connectivity index (χ2v) is 4.36. The number of aromatic nitrogens is 1. The van der Waals surface area contributed by atoms with Gasteiger partial charge in [-0.3, -0.25) is 4.79 Å². The first-order valence-electron chi connectivity index (χ1n) is 6.45. The number of carboxylic acids is 1. The van der Waals surface area contributed by atoms with Crippen LogP contribution in [0, 0.1) is 0 Å². The van der Waals surface area contributed by atoms with Crippen LogP contribution in [-0.4, -0.2) is 54.3 Å². The Morgan fingerprint density at radius 1 is 1.60 bits per heavy atom. The number of hydrogen-bond donors (Lipinski definition) is 2. The average molecular weight is 279 g/mol. The number of likely N-dealkylation sites (N-methyl/N-ethyl adjacent to an activating group) is 1. The minimum atomic E-state index is -1.06. The number of hydrogen-bond acceptors (Lipinski definition) is 5. The zero-order valence-electron chi connectivity index (χ0n) is 11.2. The van der Waals surface area contributed by atoms with Gasteiger partial charge in [-0.15, -0.1) is 0 Å². The second kappa shape index (κ2) is 6.33. The molecule has 0 aromatic carbocycles. The summed E-state index contributed by atoms with van der Waals surface area (Å²) in [7, 11) is 0. The van der Waals surface area contributed by atoms with Gasteiger partial charge in [0.2, 0.25) is 5.91 Å². The van der Waals surface area contributed by atoms with Crippen molar-refractivity contribution in [2.75, 3.05) is 31.2 Å². The third-order valence-corrected chi connectivity index (χ3v) is 3.07. The molecule has 1 aromatic rings. The molecular weight excluding hydrogens is 262 g/mol. The summed E-state index contributed by atoms with van der Waals surface area (Å²) in [5.41, 5.74) is 0.0868. The summed E-state index contributed by atoms with van der Waals surface area (Å²) in [6.07, 6.45) is 1.52. The minimum Gasteiger partial charge on any atom is -0.478 e. The van der Waals surface area contributed by atoms with E-state index in [1.807, 2.05) is 6.92 Å². The minimum absolute atomic E-state index is 0.0868. The van der Waals surface area contributed by atoms with Gasteiger partial charge >= 0.3 is 5.97 Å². The number of carbonyl (C=O) groups is 2. The number of anilines is 1. The molecule has 0 aliphatic carbocycles. The van der Waals surface area contributed by atoms with Crippen LogP contribution in [0.4, 0.5) is 5.82 Å². The maximum atomic E-state index is 12.1. The lowest BCUT2D eigenvalue weighted by molar-refractivity contribution is -0.124. The molecule has 7 nitrogen and oxygen atoms in total. The van der Waals surface area contributed by atoms with Gasteiger partial charge in [-0.1, -0.05) is 0 Å². The number of carboxylic acid groups (broad SMARTS) is 1. The SMILES string of the molecule is CCNC(=O)C1COCCN1c1ncccc1C(=O)O. The number of ether oxygens (including phenoxy) is 1. The number of rotatable bonds is 4. The molecule has 20 heavy (non-hydrogen) atoms. The molecular formula is C13H17N3O4. The van der Waals surface area contributed by atoms with Crippen molar-refractivity contribution in [3.05, 3.63) is 23.9 Å². The van der Waals surface area contributed by atoms with Gasteiger partial charge in [0.05, 0.1) is 13.2 Å². The number of morpholine rings is 1. The molecule has 1 atom stereocenters. The topological polar surface area (TPSA) is 91.8 Å². The lowest BCUT2D eigenvalue weighted by Gasteiger charge is -2.35. The summed E-state index contributed by atoms with van der Waals surface area (Å²) in [5.74, 6) is -0.942. The zero-order chi connectivity index (χ0) is 14.5. The zero-order valence-corrected chi connectivity index (χ0v) is 11.2. The van der Waals surface area contributed by atoms with E-state index in [9.17, 15) is 14.7 Å². The molecule has 1 fully saturated rings. The van der Waals surface area contributed by atoms with E-state index in [4.69, 9.17) is 4.74 Å². The van der Waals surface area contributed by atoms with Crippen molar-refractivity contribution in [3.63, 3.8) is 0 Å². The van der Waals surface area contributed by atoms with Crippen molar-refractivity contribution in [3.8, 4) is 0 Å². The molecule has 1 aliphatic heterocycles. The van der Waals surface area contributed by atoms with E-state index < -0.39 is 12.0 Å². The molecule has 0 saturated carbocycles. The molecule has 2 rings (SSSR count). The largest absolute Gasteiger partial charge is 0.478 e. The van der Waals surface area contributed by atoms with Crippen molar-refractivity contribution in [1.29, 1.82) is 0 Å². The Morgan fingerprint density at radius 2 is 2.40 bits per heavy atom. The van der Waals surface area contributed by atoms with E-state index in [0.717, 1.165) is 0 Å². The molecule has 1 aromatic heterocycles. The molecule has 1 unspecified atom stereocenters. The molecule has 1 amide bonds. The number of nitrogens with zero attached hydrogens (tertiary/aromatic N) is 2. The van der Waals surface area contributed by atoms with Crippen molar-refractivity contribution < 1.29 is 19.4 Å². The predicted octanol–water partition coefficient (Wildman–Crippen LogP) is 0.121. The number of carbonyl (C=O) groups excluding carboxylic acids is 1. The van der Waals surface area contributed by atoms with Gasteiger partial charge in [0.25, 0.3) is 0 Å². The average Bonchev–Trinajstić information content (AvgIpc) is 2.47. The van der Waals surface area contributed by atoms with Crippen LogP contribution in [0.5, 0.6) is 0 Å². The van der Waals surface area contributed by atoms with Crippen molar-refractivity contribution >= 4 is 17.7 Å². The molecule has 2 heterocycles. The van der Waals surface area contributed by atoms with E-state index >= 15 is 0 Å². The van der Waals surface area contributed by atoms with Gasteiger partial charge in [0.15, 0.2) is 0 Å². The molecule has 0 radical (unpaired) electrons. The second-order valence-electron chi connectivity index (χ2n) is 4.36. The van der Waals surface area contributed by atoms with Crippen LogP contribution < -0.4 is 10.2 Å². The summed E-state index contributed by atoms with van der Waals surface area (Å²) in [6, 6.07) is 2.49. The van der Waals surface area contributed by atoms with E-state index in [-0.39, 0.29) is 18.1 Å². The van der Waals surface area contributed by atoms with Crippen LogP contribution in [0.1, 0.15) is 17.3 Å². The summed E-state index contributed by atoms with van der Waals surface area (Å²) >= 11 is 0. The van der Waals surface area contributed by atoms with Gasteiger partial charge < -0.3 is 20.1 Å². The quantitative estimate of drug-likeness (QED) is 0.813. The van der Waals surface area contributed by atoms with Crippen LogP contribution >= 0.6 is 0 Å². The predicted molar refractivity (Wildman–Crippen MR) is 71.8 cm³/mol. The van der Waals surface area contributed by atoms with E-state index in [1.54, 1.807) is 11.0 Å². The Balaban J connectivity index is 2.33. The first-order chi connectivity index (χ1) is 9.65.